The minimum absolute atomic E-state index is 0.0109. The zero-order chi connectivity index (χ0) is 21.2. The lowest BCUT2D eigenvalue weighted by atomic mass is 9.89. The zero-order valence-corrected chi connectivity index (χ0v) is 17.0. The smallest absolute Gasteiger partial charge is 0.336 e. The zero-order valence-electron chi connectivity index (χ0n) is 17.0. The van der Waals surface area contributed by atoms with Gasteiger partial charge in [0.15, 0.2) is 5.78 Å². The fourth-order valence-electron chi connectivity index (χ4n) is 3.11. The van der Waals surface area contributed by atoms with Crippen molar-refractivity contribution in [2.45, 2.75) is 60.0 Å². The van der Waals surface area contributed by atoms with Gasteiger partial charge in [-0.15, -0.1) is 0 Å². The Kier molecular flexibility index (Phi) is 6.67. The SMILES string of the molecule is CC[C@@H](C)C(=O)c1c(O)c(CC=C(C)C)c2oc(=O)cc([C@@H](O)CC)c2c1O. The highest BCUT2D eigenvalue weighted by Crippen LogP contribution is 2.44. The molecule has 0 aliphatic carbocycles. The molecule has 0 bridgehead atoms. The van der Waals surface area contributed by atoms with Crippen LogP contribution in [0.25, 0.3) is 11.0 Å². The molecule has 0 unspecified atom stereocenters. The van der Waals surface area contributed by atoms with Crippen LogP contribution in [0.2, 0.25) is 0 Å². The van der Waals surface area contributed by atoms with E-state index in [9.17, 15) is 24.9 Å². The summed E-state index contributed by atoms with van der Waals surface area (Å²) in [6.45, 7) is 9.06. The largest absolute Gasteiger partial charge is 0.507 e. The van der Waals surface area contributed by atoms with Crippen molar-refractivity contribution in [1.82, 2.24) is 0 Å². The predicted octanol–water partition coefficient (Wildman–Crippen LogP) is 4.39. The maximum Gasteiger partial charge on any atom is 0.336 e. The van der Waals surface area contributed by atoms with Gasteiger partial charge in [-0.1, -0.05) is 32.4 Å². The topological polar surface area (TPSA) is 108 Å². The number of carbonyl (C=O) groups is 1. The number of rotatable bonds is 7. The number of carbonyl (C=O) groups excluding carboxylic acids is 1. The second-order valence-corrected chi connectivity index (χ2v) is 7.36. The van der Waals surface area contributed by atoms with Crippen LogP contribution in [-0.4, -0.2) is 21.1 Å². The second-order valence-electron chi connectivity index (χ2n) is 7.36. The summed E-state index contributed by atoms with van der Waals surface area (Å²) in [4.78, 5) is 25.0. The first-order valence-corrected chi connectivity index (χ1v) is 9.54. The Bertz CT molecular complexity index is 979. The summed E-state index contributed by atoms with van der Waals surface area (Å²) in [5.41, 5.74) is 0.488. The summed E-state index contributed by atoms with van der Waals surface area (Å²) < 4.78 is 5.32. The number of phenolic OH excluding ortho intramolecular Hbond substituents is 2. The number of fused-ring (bicyclic) bond motifs is 1. The molecule has 2 aromatic rings. The van der Waals surface area contributed by atoms with E-state index in [4.69, 9.17) is 4.42 Å². The average Bonchev–Trinajstić information content (AvgIpc) is 2.65. The number of ketones is 1. The lowest BCUT2D eigenvalue weighted by Gasteiger charge is -2.19. The quantitative estimate of drug-likeness (QED) is 0.369. The van der Waals surface area contributed by atoms with Crippen molar-refractivity contribution in [2.24, 2.45) is 5.92 Å². The molecule has 0 aliphatic heterocycles. The highest BCUT2D eigenvalue weighted by atomic mass is 16.4. The molecule has 0 aliphatic rings. The number of aromatic hydroxyl groups is 2. The number of Topliss-reactive ketones (excluding diaryl/α,β-unsaturated/α-hetero) is 1. The van der Waals surface area contributed by atoms with Crippen LogP contribution in [0.5, 0.6) is 11.5 Å². The van der Waals surface area contributed by atoms with Gasteiger partial charge in [-0.25, -0.2) is 4.79 Å². The fraction of sp³-hybridized carbons (Fsp3) is 0.455. The second kappa shape index (κ2) is 8.61. The first-order valence-electron chi connectivity index (χ1n) is 9.54. The van der Waals surface area contributed by atoms with Gasteiger partial charge in [-0.3, -0.25) is 4.79 Å². The summed E-state index contributed by atoms with van der Waals surface area (Å²) in [7, 11) is 0. The maximum atomic E-state index is 12.9. The van der Waals surface area contributed by atoms with Crippen molar-refractivity contribution in [3.63, 3.8) is 0 Å². The molecule has 1 aromatic heterocycles. The lowest BCUT2D eigenvalue weighted by Crippen LogP contribution is -2.13. The Morgan fingerprint density at radius 3 is 2.36 bits per heavy atom. The highest BCUT2D eigenvalue weighted by molar-refractivity contribution is 6.09. The van der Waals surface area contributed by atoms with E-state index in [0.717, 1.165) is 11.6 Å². The minimum atomic E-state index is -1.02. The molecule has 152 valence electrons. The van der Waals surface area contributed by atoms with E-state index < -0.39 is 29.2 Å². The van der Waals surface area contributed by atoms with E-state index in [1.54, 1.807) is 13.8 Å². The van der Waals surface area contributed by atoms with Crippen molar-refractivity contribution in [1.29, 1.82) is 0 Å². The Balaban J connectivity index is 3.02. The summed E-state index contributed by atoms with van der Waals surface area (Å²) in [6, 6.07) is 1.12. The Hall–Kier alpha value is -2.60. The van der Waals surface area contributed by atoms with Crippen LogP contribution in [0, 0.1) is 5.92 Å². The third kappa shape index (κ3) is 3.97. The monoisotopic (exact) mass is 388 g/mol. The molecule has 0 saturated heterocycles. The first kappa shape index (κ1) is 21.7. The molecule has 2 atom stereocenters. The molecular weight excluding hydrogens is 360 g/mol. The predicted molar refractivity (Wildman–Crippen MR) is 108 cm³/mol. The summed E-state index contributed by atoms with van der Waals surface area (Å²) >= 11 is 0. The van der Waals surface area contributed by atoms with E-state index in [1.165, 1.54) is 0 Å². The molecule has 0 spiro atoms. The molecular formula is C22H28O6. The van der Waals surface area contributed by atoms with Gasteiger partial charge in [-0.05, 0) is 33.1 Å². The van der Waals surface area contributed by atoms with Gasteiger partial charge in [0.2, 0.25) is 0 Å². The molecule has 0 saturated carbocycles. The van der Waals surface area contributed by atoms with E-state index >= 15 is 0 Å². The first-order chi connectivity index (χ1) is 13.1. The van der Waals surface area contributed by atoms with Crippen LogP contribution in [0.1, 0.15) is 75.0 Å². The number of allylic oxidation sites excluding steroid dienone is 2. The number of benzene rings is 1. The van der Waals surface area contributed by atoms with Crippen molar-refractivity contribution in [2.75, 3.05) is 0 Å². The van der Waals surface area contributed by atoms with E-state index in [0.29, 0.717) is 12.8 Å². The van der Waals surface area contributed by atoms with E-state index in [1.807, 2.05) is 26.8 Å². The van der Waals surface area contributed by atoms with E-state index in [2.05, 4.69) is 0 Å². The van der Waals surface area contributed by atoms with Crippen LogP contribution in [0.3, 0.4) is 0 Å². The fourth-order valence-corrected chi connectivity index (χ4v) is 3.11. The average molecular weight is 388 g/mol. The number of hydrogen-bond donors (Lipinski definition) is 3. The van der Waals surface area contributed by atoms with Gasteiger partial charge in [0.25, 0.3) is 0 Å². The van der Waals surface area contributed by atoms with Gasteiger partial charge in [-0.2, -0.15) is 0 Å². The van der Waals surface area contributed by atoms with Crippen LogP contribution in [0.4, 0.5) is 0 Å². The van der Waals surface area contributed by atoms with Gasteiger partial charge < -0.3 is 19.7 Å². The minimum Gasteiger partial charge on any atom is -0.507 e. The van der Waals surface area contributed by atoms with Gasteiger partial charge in [0.05, 0.1) is 11.5 Å². The van der Waals surface area contributed by atoms with Crippen LogP contribution >= 0.6 is 0 Å². The van der Waals surface area contributed by atoms with Gasteiger partial charge >= 0.3 is 5.63 Å². The molecule has 1 aromatic carbocycles. The van der Waals surface area contributed by atoms with Gasteiger partial charge in [0.1, 0.15) is 22.6 Å². The molecule has 6 nitrogen and oxygen atoms in total. The molecule has 0 fully saturated rings. The van der Waals surface area contributed by atoms with Crippen LogP contribution in [0.15, 0.2) is 26.9 Å². The summed E-state index contributed by atoms with van der Waals surface area (Å²) in [5, 5.41) is 32.2. The molecule has 0 radical (unpaired) electrons. The van der Waals surface area contributed by atoms with Crippen molar-refractivity contribution in [3.8, 4) is 11.5 Å². The van der Waals surface area contributed by atoms with E-state index in [-0.39, 0.29) is 39.8 Å². The Morgan fingerprint density at radius 1 is 1.18 bits per heavy atom. The van der Waals surface area contributed by atoms with Gasteiger partial charge in [0, 0.05) is 23.1 Å². The third-order valence-electron chi connectivity index (χ3n) is 5.03. The third-order valence-corrected chi connectivity index (χ3v) is 5.03. The Labute approximate surface area is 164 Å². The number of aliphatic hydroxyl groups is 1. The number of phenols is 2. The normalized spacial score (nSPS) is 13.4. The number of aliphatic hydroxyl groups excluding tert-OH is 1. The molecule has 0 amide bonds. The molecule has 2 rings (SSSR count). The standard InChI is InChI=1S/C22H28O6/c1-6-12(5)19(25)18-20(26)13(9-8-11(3)4)22-17(21(18)27)14(15(23)7-2)10-16(24)28-22/h8,10,12,15,23,26-27H,6-7,9H2,1-5H3/t12-,15+/m1/s1. The number of hydrogen-bond acceptors (Lipinski definition) is 6. The highest BCUT2D eigenvalue weighted by Gasteiger charge is 2.29. The Morgan fingerprint density at radius 2 is 1.82 bits per heavy atom. The maximum absolute atomic E-state index is 12.9. The van der Waals surface area contributed by atoms with Crippen molar-refractivity contribution in [3.05, 3.63) is 44.8 Å². The summed E-state index contributed by atoms with van der Waals surface area (Å²) in [6.07, 6.45) is 1.85. The van der Waals surface area contributed by atoms with Crippen LogP contribution in [-0.2, 0) is 6.42 Å². The van der Waals surface area contributed by atoms with Crippen molar-refractivity contribution >= 4 is 16.8 Å². The summed E-state index contributed by atoms with van der Waals surface area (Å²) in [5.74, 6) is -1.68. The molecule has 1 heterocycles. The molecule has 28 heavy (non-hydrogen) atoms. The van der Waals surface area contributed by atoms with Crippen molar-refractivity contribution < 1.29 is 24.5 Å². The lowest BCUT2D eigenvalue weighted by molar-refractivity contribution is 0.0921. The molecule has 3 N–H and O–H groups in total. The molecule has 6 heteroatoms. The van der Waals surface area contributed by atoms with Crippen LogP contribution < -0.4 is 5.63 Å².